The Bertz CT molecular complexity index is 930. The van der Waals surface area contributed by atoms with Crippen molar-refractivity contribution in [3.63, 3.8) is 0 Å². The van der Waals surface area contributed by atoms with Crippen molar-refractivity contribution in [1.82, 2.24) is 19.4 Å². The molecule has 4 rings (SSSR count). The van der Waals surface area contributed by atoms with E-state index in [4.69, 9.17) is 9.72 Å². The molecular formula is C22H26N4O2. The lowest BCUT2D eigenvalue weighted by molar-refractivity contribution is -0.136. The lowest BCUT2D eigenvalue weighted by Gasteiger charge is -2.34. The molecule has 1 aliphatic heterocycles. The molecule has 0 saturated carbocycles. The highest BCUT2D eigenvalue weighted by molar-refractivity contribution is 5.77. The predicted octanol–water partition coefficient (Wildman–Crippen LogP) is 2.38. The number of carbonyl (C=O) groups excluding carboxylic acids is 1. The van der Waals surface area contributed by atoms with E-state index in [9.17, 15) is 4.79 Å². The van der Waals surface area contributed by atoms with Crippen molar-refractivity contribution in [3.8, 4) is 0 Å². The van der Waals surface area contributed by atoms with Gasteiger partial charge in [0.05, 0.1) is 17.6 Å². The summed E-state index contributed by atoms with van der Waals surface area (Å²) < 4.78 is 7.28. The maximum absolute atomic E-state index is 12.0. The fourth-order valence-corrected chi connectivity index (χ4v) is 3.76. The third-order valence-corrected chi connectivity index (χ3v) is 5.27. The van der Waals surface area contributed by atoms with E-state index in [1.54, 1.807) is 7.11 Å². The molecule has 1 aliphatic rings. The Hall–Kier alpha value is -2.70. The first-order chi connectivity index (χ1) is 13.7. The monoisotopic (exact) mass is 378 g/mol. The molecule has 1 amide bonds. The van der Waals surface area contributed by atoms with Crippen LogP contribution in [0.4, 0.5) is 0 Å². The lowest BCUT2D eigenvalue weighted by Crippen LogP contribution is -2.49. The number of hydrogen-bond acceptors (Lipinski definition) is 4. The van der Waals surface area contributed by atoms with Crippen molar-refractivity contribution >= 4 is 16.9 Å². The largest absolute Gasteiger partial charge is 0.375 e. The number of nitrogens with zero attached hydrogens (tertiary/aromatic N) is 4. The average molecular weight is 378 g/mol. The summed E-state index contributed by atoms with van der Waals surface area (Å²) in [6, 6.07) is 18.8. The van der Waals surface area contributed by atoms with Gasteiger partial charge >= 0.3 is 0 Å². The zero-order valence-electron chi connectivity index (χ0n) is 16.3. The zero-order valence-corrected chi connectivity index (χ0v) is 16.3. The van der Waals surface area contributed by atoms with Crippen LogP contribution in [-0.4, -0.2) is 65.2 Å². The minimum Gasteiger partial charge on any atom is -0.375 e. The van der Waals surface area contributed by atoms with Crippen LogP contribution in [0.15, 0.2) is 54.6 Å². The van der Waals surface area contributed by atoms with Crippen LogP contribution in [0, 0.1) is 0 Å². The molecular weight excluding hydrogens is 352 g/mol. The second-order valence-corrected chi connectivity index (χ2v) is 7.18. The third kappa shape index (κ3) is 4.08. The van der Waals surface area contributed by atoms with Crippen LogP contribution in [0.25, 0.3) is 11.0 Å². The molecule has 0 spiro atoms. The van der Waals surface area contributed by atoms with Gasteiger partial charge in [0.1, 0.15) is 12.4 Å². The molecule has 0 radical (unpaired) electrons. The summed E-state index contributed by atoms with van der Waals surface area (Å²) in [6.45, 7) is 4.93. The Morgan fingerprint density at radius 1 is 0.964 bits per heavy atom. The fourth-order valence-electron chi connectivity index (χ4n) is 3.76. The van der Waals surface area contributed by atoms with Crippen molar-refractivity contribution in [1.29, 1.82) is 0 Å². The Morgan fingerprint density at radius 3 is 2.43 bits per heavy atom. The molecule has 3 aromatic rings. The van der Waals surface area contributed by atoms with Crippen molar-refractivity contribution < 1.29 is 9.53 Å². The fraction of sp³-hybridized carbons (Fsp3) is 0.364. The molecule has 0 atom stereocenters. The second-order valence-electron chi connectivity index (χ2n) is 7.18. The molecule has 28 heavy (non-hydrogen) atoms. The third-order valence-electron chi connectivity index (χ3n) is 5.27. The lowest BCUT2D eigenvalue weighted by atomic mass is 10.2. The average Bonchev–Trinajstić information content (AvgIpc) is 3.06. The van der Waals surface area contributed by atoms with Gasteiger partial charge in [0, 0.05) is 39.8 Å². The van der Waals surface area contributed by atoms with E-state index >= 15 is 0 Å². The Labute approximate surface area is 165 Å². The number of piperazine rings is 1. The molecule has 146 valence electrons. The first-order valence-corrected chi connectivity index (χ1v) is 9.72. The highest BCUT2D eigenvalue weighted by Gasteiger charge is 2.22. The number of methoxy groups -OCH3 is 1. The first-order valence-electron chi connectivity index (χ1n) is 9.72. The summed E-state index contributed by atoms with van der Waals surface area (Å²) >= 11 is 0. The van der Waals surface area contributed by atoms with E-state index in [1.165, 1.54) is 5.56 Å². The van der Waals surface area contributed by atoms with Gasteiger partial charge in [-0.3, -0.25) is 9.69 Å². The van der Waals surface area contributed by atoms with Gasteiger partial charge in [-0.1, -0.05) is 42.5 Å². The summed E-state index contributed by atoms with van der Waals surface area (Å²) in [7, 11) is 1.56. The topological polar surface area (TPSA) is 50.6 Å². The molecule has 6 heteroatoms. The minimum atomic E-state index is 0.0680. The summed E-state index contributed by atoms with van der Waals surface area (Å²) in [4.78, 5) is 21.2. The Kier molecular flexibility index (Phi) is 5.69. The number of para-hydroxylation sites is 2. The smallest absolute Gasteiger partial charge is 0.248 e. The zero-order chi connectivity index (χ0) is 19.3. The number of aromatic nitrogens is 2. The van der Waals surface area contributed by atoms with Crippen LogP contribution in [0.2, 0.25) is 0 Å². The standard InChI is InChI=1S/C22H26N4O2/c1-28-17-22(27)25-13-11-24(12-14-25)16-21-23-19-9-5-6-10-20(19)26(21)15-18-7-3-2-4-8-18/h2-10H,11-17H2,1H3. The molecule has 2 heterocycles. The summed E-state index contributed by atoms with van der Waals surface area (Å²) in [5.74, 6) is 1.14. The number of ether oxygens (including phenoxy) is 1. The number of carbonyl (C=O) groups is 1. The van der Waals surface area contributed by atoms with Crippen LogP contribution in [0.3, 0.4) is 0 Å². The van der Waals surface area contributed by atoms with E-state index < -0.39 is 0 Å². The normalized spacial score (nSPS) is 15.2. The maximum Gasteiger partial charge on any atom is 0.248 e. The number of hydrogen-bond donors (Lipinski definition) is 0. The van der Waals surface area contributed by atoms with Gasteiger partial charge in [-0.15, -0.1) is 0 Å². The second kappa shape index (κ2) is 8.54. The van der Waals surface area contributed by atoms with Gasteiger partial charge in [0.25, 0.3) is 0 Å². The number of rotatable bonds is 6. The molecule has 1 saturated heterocycles. The molecule has 2 aromatic carbocycles. The molecule has 0 N–H and O–H groups in total. The number of imidazole rings is 1. The molecule has 6 nitrogen and oxygen atoms in total. The van der Waals surface area contributed by atoms with Gasteiger partial charge < -0.3 is 14.2 Å². The van der Waals surface area contributed by atoms with Gasteiger partial charge in [-0.05, 0) is 17.7 Å². The van der Waals surface area contributed by atoms with Crippen molar-refractivity contribution in [2.24, 2.45) is 0 Å². The summed E-state index contributed by atoms with van der Waals surface area (Å²) in [6.07, 6.45) is 0. The minimum absolute atomic E-state index is 0.0680. The number of amides is 1. The van der Waals surface area contributed by atoms with Crippen molar-refractivity contribution in [2.45, 2.75) is 13.1 Å². The van der Waals surface area contributed by atoms with Crippen LogP contribution in [-0.2, 0) is 22.6 Å². The molecule has 1 fully saturated rings. The SMILES string of the molecule is COCC(=O)N1CCN(Cc2nc3ccccc3n2Cc2ccccc2)CC1. The predicted molar refractivity (Wildman–Crippen MR) is 109 cm³/mol. The van der Waals surface area contributed by atoms with Crippen LogP contribution in [0.1, 0.15) is 11.4 Å². The molecule has 0 bridgehead atoms. The van der Waals surface area contributed by atoms with E-state index in [1.807, 2.05) is 17.0 Å². The van der Waals surface area contributed by atoms with Crippen LogP contribution < -0.4 is 0 Å². The quantitative estimate of drug-likeness (QED) is 0.661. The number of fused-ring (bicyclic) bond motifs is 1. The first kappa shape index (κ1) is 18.7. The van der Waals surface area contributed by atoms with E-state index in [0.29, 0.717) is 0 Å². The summed E-state index contributed by atoms with van der Waals surface area (Å²) in [5, 5.41) is 0. The van der Waals surface area contributed by atoms with Gasteiger partial charge in [0.2, 0.25) is 5.91 Å². The van der Waals surface area contributed by atoms with E-state index in [2.05, 4.69) is 51.9 Å². The Balaban J connectivity index is 1.51. The van der Waals surface area contributed by atoms with Gasteiger partial charge in [0.15, 0.2) is 0 Å². The highest BCUT2D eigenvalue weighted by atomic mass is 16.5. The number of benzene rings is 2. The van der Waals surface area contributed by atoms with E-state index in [-0.39, 0.29) is 12.5 Å². The van der Waals surface area contributed by atoms with Crippen LogP contribution in [0.5, 0.6) is 0 Å². The molecule has 0 unspecified atom stereocenters. The van der Waals surface area contributed by atoms with Crippen molar-refractivity contribution in [3.05, 3.63) is 66.0 Å². The summed E-state index contributed by atoms with van der Waals surface area (Å²) in [5.41, 5.74) is 3.46. The van der Waals surface area contributed by atoms with Gasteiger partial charge in [-0.2, -0.15) is 0 Å². The highest BCUT2D eigenvalue weighted by Crippen LogP contribution is 2.20. The van der Waals surface area contributed by atoms with E-state index in [0.717, 1.165) is 56.1 Å². The van der Waals surface area contributed by atoms with Crippen molar-refractivity contribution in [2.75, 3.05) is 39.9 Å². The molecule has 0 aliphatic carbocycles. The van der Waals surface area contributed by atoms with Gasteiger partial charge in [-0.25, -0.2) is 4.98 Å². The van der Waals surface area contributed by atoms with Crippen LogP contribution >= 0.6 is 0 Å². The molecule has 1 aromatic heterocycles. The maximum atomic E-state index is 12.0. The Morgan fingerprint density at radius 2 is 1.68 bits per heavy atom.